The smallest absolute Gasteiger partial charge is 0.271 e. The van der Waals surface area contributed by atoms with Crippen LogP contribution in [0.15, 0.2) is 40.6 Å². The lowest BCUT2D eigenvalue weighted by Crippen LogP contribution is -2.01. The third kappa shape index (κ3) is 3.51. The summed E-state index contributed by atoms with van der Waals surface area (Å²) in [6, 6.07) is 5.68. The summed E-state index contributed by atoms with van der Waals surface area (Å²) in [6.07, 6.45) is 1.19. The average Bonchev–Trinajstić information content (AvgIpc) is 2.28. The fourth-order valence-corrected chi connectivity index (χ4v) is 1.27. The van der Waals surface area contributed by atoms with Crippen molar-refractivity contribution in [3.05, 3.63) is 45.7 Å². The van der Waals surface area contributed by atoms with Crippen LogP contribution in [-0.4, -0.2) is 22.0 Å². The highest BCUT2D eigenvalue weighted by Crippen LogP contribution is 2.19. The van der Waals surface area contributed by atoms with Crippen molar-refractivity contribution in [2.24, 2.45) is 4.99 Å². The van der Waals surface area contributed by atoms with Crippen LogP contribution in [0.5, 0.6) is 0 Å². The van der Waals surface area contributed by atoms with Gasteiger partial charge in [0.2, 0.25) is 0 Å². The third-order valence-corrected chi connectivity index (χ3v) is 2.15. The topological polar surface area (TPSA) is 92.8 Å². The standard InChI is InChI=1S/C12H12N2O4/c1-8(15)12(9(2)16)7-13-10-4-3-5-11(6-10)14(17)18/h3-7,15H,1-2H3/b12-8+,13-7?. The molecule has 94 valence electrons. The number of benzene rings is 1. The van der Waals surface area contributed by atoms with Gasteiger partial charge in [-0.05, 0) is 19.9 Å². The van der Waals surface area contributed by atoms with Crippen LogP contribution < -0.4 is 0 Å². The van der Waals surface area contributed by atoms with Gasteiger partial charge in [-0.15, -0.1) is 0 Å². The minimum atomic E-state index is -0.530. The van der Waals surface area contributed by atoms with Crippen molar-refractivity contribution in [3.63, 3.8) is 0 Å². The number of non-ortho nitro benzene ring substituents is 1. The molecule has 6 nitrogen and oxygen atoms in total. The minimum Gasteiger partial charge on any atom is -0.512 e. The van der Waals surface area contributed by atoms with E-state index in [4.69, 9.17) is 0 Å². The molecule has 1 aromatic rings. The van der Waals surface area contributed by atoms with Crippen molar-refractivity contribution in [3.8, 4) is 0 Å². The van der Waals surface area contributed by atoms with Gasteiger partial charge in [-0.25, -0.2) is 0 Å². The zero-order chi connectivity index (χ0) is 13.7. The molecule has 0 heterocycles. The highest BCUT2D eigenvalue weighted by Gasteiger charge is 2.07. The maximum atomic E-state index is 11.2. The second-order valence-electron chi connectivity index (χ2n) is 3.59. The number of nitro benzene ring substituents is 1. The Kier molecular flexibility index (Phi) is 4.31. The molecule has 0 spiro atoms. The van der Waals surface area contributed by atoms with Gasteiger partial charge in [0.15, 0.2) is 5.78 Å². The van der Waals surface area contributed by atoms with Crippen LogP contribution in [0.4, 0.5) is 11.4 Å². The fourth-order valence-electron chi connectivity index (χ4n) is 1.27. The molecule has 0 fully saturated rings. The van der Waals surface area contributed by atoms with E-state index in [1.54, 1.807) is 6.07 Å². The van der Waals surface area contributed by atoms with Gasteiger partial charge >= 0.3 is 0 Å². The Morgan fingerprint density at radius 1 is 1.44 bits per heavy atom. The molecular weight excluding hydrogens is 236 g/mol. The Balaban J connectivity index is 3.04. The first-order valence-corrected chi connectivity index (χ1v) is 5.11. The van der Waals surface area contributed by atoms with Crippen LogP contribution in [0.25, 0.3) is 0 Å². The molecule has 18 heavy (non-hydrogen) atoms. The molecule has 0 aliphatic carbocycles. The Morgan fingerprint density at radius 2 is 2.11 bits per heavy atom. The van der Waals surface area contributed by atoms with Gasteiger partial charge in [0.25, 0.3) is 5.69 Å². The van der Waals surface area contributed by atoms with Crippen LogP contribution in [0.2, 0.25) is 0 Å². The Morgan fingerprint density at radius 3 is 2.61 bits per heavy atom. The van der Waals surface area contributed by atoms with E-state index in [0.717, 1.165) is 0 Å². The third-order valence-electron chi connectivity index (χ3n) is 2.15. The number of hydrogen-bond donors (Lipinski definition) is 1. The molecule has 1 rings (SSSR count). The Labute approximate surface area is 103 Å². The predicted octanol–water partition coefficient (Wildman–Crippen LogP) is 2.72. The van der Waals surface area contributed by atoms with Crippen LogP contribution in [0.1, 0.15) is 13.8 Å². The molecule has 0 radical (unpaired) electrons. The van der Waals surface area contributed by atoms with E-state index in [-0.39, 0.29) is 22.8 Å². The summed E-state index contributed by atoms with van der Waals surface area (Å²) in [5, 5.41) is 19.8. The molecule has 0 bridgehead atoms. The number of rotatable bonds is 4. The number of carbonyl (C=O) groups excluding carboxylic acids is 1. The number of aliphatic imine (C=N–C) groups is 1. The number of aliphatic hydroxyl groups excluding tert-OH is 1. The molecule has 0 saturated heterocycles. The number of nitrogens with zero attached hydrogens (tertiary/aromatic N) is 2. The van der Waals surface area contributed by atoms with Crippen molar-refractivity contribution < 1.29 is 14.8 Å². The molecular formula is C12H12N2O4. The first-order chi connectivity index (χ1) is 8.41. The maximum absolute atomic E-state index is 11.2. The quantitative estimate of drug-likeness (QED) is 0.291. The number of hydrogen-bond acceptors (Lipinski definition) is 5. The first-order valence-electron chi connectivity index (χ1n) is 5.11. The normalized spacial score (nSPS) is 12.3. The first kappa shape index (κ1) is 13.6. The van der Waals surface area contributed by atoms with E-state index < -0.39 is 4.92 Å². The van der Waals surface area contributed by atoms with Gasteiger partial charge < -0.3 is 5.11 Å². The second-order valence-corrected chi connectivity index (χ2v) is 3.59. The number of nitro groups is 1. The summed E-state index contributed by atoms with van der Waals surface area (Å²) < 4.78 is 0. The van der Waals surface area contributed by atoms with Crippen molar-refractivity contribution in [1.29, 1.82) is 0 Å². The summed E-state index contributed by atoms with van der Waals surface area (Å²) in [5.41, 5.74) is 0.324. The molecule has 6 heteroatoms. The number of allylic oxidation sites excluding steroid dienone is 2. The predicted molar refractivity (Wildman–Crippen MR) is 67.3 cm³/mol. The highest BCUT2D eigenvalue weighted by atomic mass is 16.6. The van der Waals surface area contributed by atoms with E-state index >= 15 is 0 Å². The summed E-state index contributed by atoms with van der Waals surface area (Å²) >= 11 is 0. The zero-order valence-electron chi connectivity index (χ0n) is 9.95. The van der Waals surface area contributed by atoms with E-state index in [0.29, 0.717) is 5.69 Å². The van der Waals surface area contributed by atoms with Crippen LogP contribution in [-0.2, 0) is 4.79 Å². The molecule has 0 unspecified atom stereocenters. The molecule has 1 aromatic carbocycles. The Bertz CT molecular complexity index is 543. The minimum absolute atomic E-state index is 0.0708. The lowest BCUT2D eigenvalue weighted by molar-refractivity contribution is -0.384. The Hall–Kier alpha value is -2.50. The number of ketones is 1. The molecule has 0 atom stereocenters. The maximum Gasteiger partial charge on any atom is 0.271 e. The highest BCUT2D eigenvalue weighted by molar-refractivity contribution is 6.12. The number of Topliss-reactive ketones (excluding diaryl/α,β-unsaturated/α-hetero) is 1. The van der Waals surface area contributed by atoms with Gasteiger partial charge in [-0.1, -0.05) is 6.07 Å². The van der Waals surface area contributed by atoms with Crippen LogP contribution >= 0.6 is 0 Å². The average molecular weight is 248 g/mol. The molecule has 0 saturated carbocycles. The number of carbonyl (C=O) groups is 1. The molecule has 0 aliphatic heterocycles. The lowest BCUT2D eigenvalue weighted by atomic mass is 10.2. The molecule has 1 N–H and O–H groups in total. The molecule has 0 aromatic heterocycles. The van der Waals surface area contributed by atoms with Gasteiger partial charge in [0, 0.05) is 18.3 Å². The number of aliphatic hydroxyl groups is 1. The van der Waals surface area contributed by atoms with Gasteiger partial charge in [0.1, 0.15) is 5.76 Å². The monoisotopic (exact) mass is 248 g/mol. The van der Waals surface area contributed by atoms with Gasteiger partial charge in [0.05, 0.1) is 16.2 Å². The van der Waals surface area contributed by atoms with E-state index in [1.165, 1.54) is 38.3 Å². The van der Waals surface area contributed by atoms with Crippen LogP contribution in [0, 0.1) is 10.1 Å². The lowest BCUT2D eigenvalue weighted by Gasteiger charge is -1.98. The van der Waals surface area contributed by atoms with Crippen molar-refractivity contribution in [2.75, 3.05) is 0 Å². The second kappa shape index (κ2) is 5.72. The SMILES string of the molecule is CC(=O)/C(C=Nc1cccc([N+](=O)[O-])c1)=C(\C)O. The van der Waals surface area contributed by atoms with Crippen LogP contribution in [0.3, 0.4) is 0 Å². The molecule has 0 amide bonds. The summed E-state index contributed by atoms with van der Waals surface area (Å²) in [7, 11) is 0. The summed E-state index contributed by atoms with van der Waals surface area (Å²) in [5.74, 6) is -0.471. The van der Waals surface area contributed by atoms with Gasteiger partial charge in [-0.2, -0.15) is 0 Å². The van der Waals surface area contributed by atoms with E-state index in [1.807, 2.05) is 0 Å². The van der Waals surface area contributed by atoms with Crippen molar-refractivity contribution in [2.45, 2.75) is 13.8 Å². The summed E-state index contributed by atoms with van der Waals surface area (Å²) in [4.78, 5) is 25.1. The van der Waals surface area contributed by atoms with Crippen molar-refractivity contribution in [1.82, 2.24) is 0 Å². The van der Waals surface area contributed by atoms with E-state index in [2.05, 4.69) is 4.99 Å². The zero-order valence-corrected chi connectivity index (χ0v) is 9.95. The largest absolute Gasteiger partial charge is 0.512 e. The van der Waals surface area contributed by atoms with E-state index in [9.17, 15) is 20.0 Å². The fraction of sp³-hybridized carbons (Fsp3) is 0.167. The van der Waals surface area contributed by atoms with Gasteiger partial charge in [-0.3, -0.25) is 19.9 Å². The molecule has 0 aliphatic rings. The van der Waals surface area contributed by atoms with Crippen molar-refractivity contribution >= 4 is 23.4 Å². The summed E-state index contributed by atoms with van der Waals surface area (Å²) in [6.45, 7) is 2.67.